The van der Waals surface area contributed by atoms with Gasteiger partial charge in [0.25, 0.3) is 0 Å². The van der Waals surface area contributed by atoms with Crippen molar-refractivity contribution in [2.24, 2.45) is 0 Å². The van der Waals surface area contributed by atoms with Gasteiger partial charge in [0.1, 0.15) is 13.6 Å². The molecule has 334 valence electrons. The lowest BCUT2D eigenvalue weighted by Gasteiger charge is -2.28. The molecule has 2 rings (SSSR count). The molecule has 0 aromatic carbocycles. The molecular formula is C46H96N2O4S2Si2. The molecule has 2 saturated heterocycles. The van der Waals surface area contributed by atoms with Crippen LogP contribution in [-0.2, 0) is 18.9 Å². The zero-order valence-corrected chi connectivity index (χ0v) is 42.1. The Balaban J connectivity index is 1.35. The second-order valence-corrected chi connectivity index (χ2v) is 24.1. The highest BCUT2D eigenvalue weighted by Crippen LogP contribution is 2.24. The minimum absolute atomic E-state index is 0.0751. The summed E-state index contributed by atoms with van der Waals surface area (Å²) in [6.07, 6.45) is 41.4. The molecule has 0 saturated carbocycles. The first-order valence-corrected chi connectivity index (χ1v) is 30.6. The van der Waals surface area contributed by atoms with Crippen molar-refractivity contribution in [1.29, 1.82) is 0 Å². The molecule has 0 spiro atoms. The number of unbranched alkanes of at least 4 members (excludes halogenated alkanes) is 20. The highest BCUT2D eigenvalue weighted by atomic mass is 33.1. The Morgan fingerprint density at radius 3 is 1.18 bits per heavy atom. The lowest BCUT2D eigenvalue weighted by molar-refractivity contribution is -0.0956. The van der Waals surface area contributed by atoms with Crippen molar-refractivity contribution in [3.8, 4) is 0 Å². The summed E-state index contributed by atoms with van der Waals surface area (Å²) in [5.41, 5.74) is 0. The highest BCUT2D eigenvalue weighted by Gasteiger charge is 2.17. The third-order valence-electron chi connectivity index (χ3n) is 12.1. The van der Waals surface area contributed by atoms with Crippen molar-refractivity contribution < 1.29 is 18.9 Å². The van der Waals surface area contributed by atoms with E-state index >= 15 is 0 Å². The Labute approximate surface area is 362 Å². The predicted molar refractivity (Wildman–Crippen MR) is 256 cm³/mol. The highest BCUT2D eigenvalue weighted by molar-refractivity contribution is 8.76. The summed E-state index contributed by atoms with van der Waals surface area (Å²) in [6.45, 7) is 12.4. The Bertz CT molecular complexity index is 733. The quantitative estimate of drug-likeness (QED) is 0.0262. The van der Waals surface area contributed by atoms with Crippen LogP contribution >= 0.6 is 21.6 Å². The Hall–Kier alpha value is 0.894. The van der Waals surface area contributed by atoms with Crippen LogP contribution in [0.3, 0.4) is 0 Å². The van der Waals surface area contributed by atoms with E-state index in [1.807, 2.05) is 0 Å². The zero-order valence-electron chi connectivity index (χ0n) is 37.6. The molecule has 0 radical (unpaired) electrons. The van der Waals surface area contributed by atoms with Crippen molar-refractivity contribution in [3.05, 3.63) is 0 Å². The van der Waals surface area contributed by atoms with Gasteiger partial charge in [-0.2, -0.15) is 0 Å². The van der Waals surface area contributed by atoms with Gasteiger partial charge in [-0.05, 0) is 89.6 Å². The molecule has 2 unspecified atom stereocenters. The van der Waals surface area contributed by atoms with Gasteiger partial charge in [0.2, 0.25) is 0 Å². The molecule has 2 atom stereocenters. The molecule has 2 aliphatic rings. The molecule has 2 fully saturated rings. The first kappa shape index (κ1) is 53.0. The van der Waals surface area contributed by atoms with Crippen LogP contribution in [0, 0.1) is 0 Å². The standard InChI is InChI=1S/C46H96N2O4S2Si2/c1-3-5-7-9-11-13-15-17-19-21-23-37-49-43-51-45-29-25-41-55-47(35-31-45)33-27-39-53-54-40-28-34-48-36-32-46(30-26-42-56-48)52-44-50-38-24-22-20-18-16-14-12-10-8-6-4-2/h45-46H,3-44,55-56H2,1-2H3. The Kier molecular flexibility index (Phi) is 40.3. The van der Waals surface area contributed by atoms with Gasteiger partial charge in [-0.1, -0.05) is 177 Å². The van der Waals surface area contributed by atoms with Crippen LogP contribution in [0.1, 0.15) is 206 Å². The topological polar surface area (TPSA) is 43.4 Å². The maximum absolute atomic E-state index is 6.21. The summed E-state index contributed by atoms with van der Waals surface area (Å²) < 4.78 is 29.9. The normalized spacial score (nSPS) is 20.0. The van der Waals surface area contributed by atoms with E-state index in [0.717, 1.165) is 13.2 Å². The molecule has 0 amide bonds. The summed E-state index contributed by atoms with van der Waals surface area (Å²) in [5.74, 6) is 2.59. The number of rotatable bonds is 39. The molecule has 0 N–H and O–H groups in total. The predicted octanol–water partition coefficient (Wildman–Crippen LogP) is 12.5. The molecule has 6 nitrogen and oxygen atoms in total. The minimum atomic E-state index is -0.0751. The maximum atomic E-state index is 6.21. The molecule has 2 heterocycles. The fraction of sp³-hybridized carbons (Fsp3) is 1.00. The maximum Gasteiger partial charge on any atom is 0.147 e. The molecule has 0 aromatic heterocycles. The lowest BCUT2D eigenvalue weighted by atomic mass is 10.1. The van der Waals surface area contributed by atoms with Crippen LogP contribution in [0.5, 0.6) is 0 Å². The van der Waals surface area contributed by atoms with Crippen LogP contribution in [0.15, 0.2) is 0 Å². The molecule has 56 heavy (non-hydrogen) atoms. The number of hydrogen-bond donors (Lipinski definition) is 0. The molecule has 0 aromatic rings. The summed E-state index contributed by atoms with van der Waals surface area (Å²) >= 11 is 0. The van der Waals surface area contributed by atoms with E-state index in [9.17, 15) is 0 Å². The molecular weight excluding hydrogens is 765 g/mol. The van der Waals surface area contributed by atoms with Gasteiger partial charge in [-0.15, -0.1) is 0 Å². The third-order valence-corrected chi connectivity index (χ3v) is 18.8. The van der Waals surface area contributed by atoms with E-state index in [1.54, 1.807) is 0 Å². The van der Waals surface area contributed by atoms with Crippen LogP contribution in [-0.4, -0.2) is 105 Å². The van der Waals surface area contributed by atoms with Gasteiger partial charge in [0.05, 0.1) is 31.6 Å². The van der Waals surface area contributed by atoms with Gasteiger partial charge in [-0.25, -0.2) is 0 Å². The fourth-order valence-corrected chi connectivity index (χ4v) is 14.1. The summed E-state index contributed by atoms with van der Waals surface area (Å²) in [4.78, 5) is 0. The van der Waals surface area contributed by atoms with Crippen LogP contribution < -0.4 is 0 Å². The molecule has 0 aliphatic carbocycles. The van der Waals surface area contributed by atoms with Gasteiger partial charge >= 0.3 is 0 Å². The molecule has 2 aliphatic heterocycles. The number of nitrogens with zero attached hydrogens (tertiary/aromatic N) is 2. The van der Waals surface area contributed by atoms with Crippen molar-refractivity contribution >= 4 is 41.0 Å². The number of ether oxygens (including phenoxy) is 4. The van der Waals surface area contributed by atoms with Crippen molar-refractivity contribution in [2.75, 3.05) is 64.5 Å². The second-order valence-electron chi connectivity index (χ2n) is 17.3. The van der Waals surface area contributed by atoms with Crippen LogP contribution in [0.4, 0.5) is 0 Å². The average molecular weight is 862 g/mol. The molecule has 10 heteroatoms. The SMILES string of the molecule is CCCCCCCCCCCCCOCOC1CCC[SiH2]N(CCCSSCCCN2CCC(OCOCCCCCCCCCCCCC)CCC[SiH2]2)CC1. The first-order chi connectivity index (χ1) is 27.8. The van der Waals surface area contributed by atoms with Gasteiger partial charge in [0, 0.05) is 24.7 Å². The van der Waals surface area contributed by atoms with E-state index in [4.69, 9.17) is 18.9 Å². The summed E-state index contributed by atoms with van der Waals surface area (Å²) in [6, 6.07) is 2.89. The zero-order chi connectivity index (χ0) is 39.7. The van der Waals surface area contributed by atoms with Crippen LogP contribution in [0.25, 0.3) is 0 Å². The third kappa shape index (κ3) is 34.6. The molecule has 0 bridgehead atoms. The van der Waals surface area contributed by atoms with E-state index in [-0.39, 0.29) is 19.4 Å². The summed E-state index contributed by atoms with van der Waals surface area (Å²) in [7, 11) is 4.09. The Morgan fingerprint density at radius 1 is 0.446 bits per heavy atom. The first-order valence-electron chi connectivity index (χ1n) is 24.9. The van der Waals surface area contributed by atoms with Crippen molar-refractivity contribution in [3.63, 3.8) is 0 Å². The van der Waals surface area contributed by atoms with Gasteiger partial charge in [0.15, 0.2) is 0 Å². The van der Waals surface area contributed by atoms with Crippen LogP contribution in [0.2, 0.25) is 12.1 Å². The minimum Gasteiger partial charge on any atom is -0.355 e. The largest absolute Gasteiger partial charge is 0.355 e. The lowest BCUT2D eigenvalue weighted by Crippen LogP contribution is -2.35. The van der Waals surface area contributed by atoms with Gasteiger partial charge in [-0.3, -0.25) is 0 Å². The fourth-order valence-electron chi connectivity index (χ4n) is 8.32. The van der Waals surface area contributed by atoms with Crippen molar-refractivity contribution in [1.82, 2.24) is 9.13 Å². The van der Waals surface area contributed by atoms with Crippen molar-refractivity contribution in [2.45, 2.75) is 231 Å². The Morgan fingerprint density at radius 2 is 0.804 bits per heavy atom. The smallest absolute Gasteiger partial charge is 0.147 e. The van der Waals surface area contributed by atoms with E-state index in [0.29, 0.717) is 25.8 Å². The van der Waals surface area contributed by atoms with E-state index in [1.165, 1.54) is 242 Å². The second kappa shape index (κ2) is 42.6. The van der Waals surface area contributed by atoms with Gasteiger partial charge < -0.3 is 28.1 Å². The summed E-state index contributed by atoms with van der Waals surface area (Å²) in [5, 5.41) is 0. The van der Waals surface area contributed by atoms with E-state index < -0.39 is 0 Å². The monoisotopic (exact) mass is 861 g/mol. The van der Waals surface area contributed by atoms with E-state index in [2.05, 4.69) is 44.6 Å². The number of hydrogen-bond acceptors (Lipinski definition) is 8. The average Bonchev–Trinajstić information content (AvgIpc) is 3.19.